The lowest BCUT2D eigenvalue weighted by Gasteiger charge is -2.17. The molecule has 164 valence electrons. The lowest BCUT2D eigenvalue weighted by atomic mass is 10.1. The number of carbonyl (C=O) groups excluding carboxylic acids is 2. The molecule has 0 aliphatic carbocycles. The smallest absolute Gasteiger partial charge is 0.418 e. The lowest BCUT2D eigenvalue weighted by molar-refractivity contribution is -0.137. The molecule has 0 aliphatic rings. The highest BCUT2D eigenvalue weighted by molar-refractivity contribution is 7.89. The van der Waals surface area contributed by atoms with Gasteiger partial charge in [0, 0.05) is 0 Å². The van der Waals surface area contributed by atoms with Gasteiger partial charge in [0.1, 0.15) is 0 Å². The van der Waals surface area contributed by atoms with E-state index in [1.165, 1.54) is 19.1 Å². The Bertz CT molecular complexity index is 1110. The number of hydrogen-bond donors (Lipinski definition) is 2. The molecule has 2 aromatic rings. The predicted octanol–water partition coefficient (Wildman–Crippen LogP) is 2.80. The normalized spacial score (nSPS) is 12.5. The molecule has 0 aliphatic heterocycles. The molecule has 0 radical (unpaired) electrons. The maximum atomic E-state index is 13.0. The zero-order chi connectivity index (χ0) is 23.2. The number of terminal acetylenes is 1. The molecule has 2 rings (SSSR count). The van der Waals surface area contributed by atoms with E-state index in [4.69, 9.17) is 11.2 Å². The first kappa shape index (κ1) is 23.9. The molecule has 7 nitrogen and oxygen atoms in total. The largest absolute Gasteiger partial charge is 0.449 e. The number of hydrogen-bond acceptors (Lipinski definition) is 5. The van der Waals surface area contributed by atoms with E-state index in [-0.39, 0.29) is 17.0 Å². The van der Waals surface area contributed by atoms with E-state index in [0.29, 0.717) is 0 Å². The van der Waals surface area contributed by atoms with Crippen molar-refractivity contribution in [2.45, 2.75) is 24.1 Å². The van der Waals surface area contributed by atoms with Crippen LogP contribution in [0.3, 0.4) is 0 Å². The summed E-state index contributed by atoms with van der Waals surface area (Å²) in [6.07, 6.45) is -1.10. The molecular weight excluding hydrogens is 437 g/mol. The van der Waals surface area contributed by atoms with Crippen LogP contribution >= 0.6 is 0 Å². The van der Waals surface area contributed by atoms with E-state index >= 15 is 0 Å². The highest BCUT2D eigenvalue weighted by Crippen LogP contribution is 2.34. The van der Waals surface area contributed by atoms with Crippen LogP contribution < -0.4 is 10.0 Å². The number of benzene rings is 2. The van der Waals surface area contributed by atoms with Crippen molar-refractivity contribution in [3.63, 3.8) is 0 Å². The van der Waals surface area contributed by atoms with Crippen LogP contribution in [0.2, 0.25) is 0 Å². The van der Waals surface area contributed by atoms with Crippen LogP contribution in [-0.2, 0) is 25.7 Å². The number of ether oxygens (including phenoxy) is 1. The summed E-state index contributed by atoms with van der Waals surface area (Å²) in [5.74, 6) is 0.184. The monoisotopic (exact) mass is 454 g/mol. The number of esters is 1. The third-order valence-electron chi connectivity index (χ3n) is 3.91. The summed E-state index contributed by atoms with van der Waals surface area (Å²) in [6.45, 7) is 0.974. The SMILES string of the molecule is C#CCNS(=O)(=O)c1ccc(C(=O)O[C@@H](C)C(=O)Nc2ccccc2C(F)(F)F)cc1. The van der Waals surface area contributed by atoms with Crippen molar-refractivity contribution < 1.29 is 35.9 Å². The van der Waals surface area contributed by atoms with Gasteiger partial charge in [-0.05, 0) is 43.3 Å². The summed E-state index contributed by atoms with van der Waals surface area (Å²) in [5, 5.41) is 2.08. The van der Waals surface area contributed by atoms with Crippen molar-refractivity contribution >= 4 is 27.6 Å². The Labute approximate surface area is 176 Å². The first-order chi connectivity index (χ1) is 14.5. The van der Waals surface area contributed by atoms with Gasteiger partial charge >= 0.3 is 12.1 Å². The van der Waals surface area contributed by atoms with Crippen molar-refractivity contribution in [2.24, 2.45) is 0 Å². The van der Waals surface area contributed by atoms with Crippen molar-refractivity contribution in [3.8, 4) is 12.3 Å². The van der Waals surface area contributed by atoms with Gasteiger partial charge in [-0.3, -0.25) is 4.79 Å². The van der Waals surface area contributed by atoms with Crippen LogP contribution in [0.1, 0.15) is 22.8 Å². The van der Waals surface area contributed by atoms with E-state index in [1.54, 1.807) is 0 Å². The zero-order valence-corrected chi connectivity index (χ0v) is 16.9. The second-order valence-electron chi connectivity index (χ2n) is 6.13. The second-order valence-corrected chi connectivity index (χ2v) is 7.90. The van der Waals surface area contributed by atoms with Gasteiger partial charge < -0.3 is 10.1 Å². The highest BCUT2D eigenvalue weighted by Gasteiger charge is 2.34. The van der Waals surface area contributed by atoms with Crippen molar-refractivity contribution in [3.05, 3.63) is 59.7 Å². The zero-order valence-electron chi connectivity index (χ0n) is 16.1. The Balaban J connectivity index is 2.06. The summed E-state index contributed by atoms with van der Waals surface area (Å²) >= 11 is 0. The number of nitrogens with one attached hydrogen (secondary N) is 2. The van der Waals surface area contributed by atoms with Gasteiger partial charge in [0.05, 0.1) is 28.3 Å². The third-order valence-corrected chi connectivity index (χ3v) is 5.33. The van der Waals surface area contributed by atoms with E-state index in [2.05, 4.69) is 16.0 Å². The summed E-state index contributed by atoms with van der Waals surface area (Å²) in [5.41, 5.74) is -1.58. The Morgan fingerprint density at radius 3 is 2.32 bits per heavy atom. The van der Waals surface area contributed by atoms with Gasteiger partial charge in [-0.2, -0.15) is 17.9 Å². The maximum Gasteiger partial charge on any atom is 0.418 e. The molecule has 2 aromatic carbocycles. The summed E-state index contributed by atoms with van der Waals surface area (Å²) in [6, 6.07) is 8.97. The number of rotatable bonds is 7. The highest BCUT2D eigenvalue weighted by atomic mass is 32.2. The van der Waals surface area contributed by atoms with E-state index in [0.717, 1.165) is 36.4 Å². The average Bonchev–Trinajstić information content (AvgIpc) is 2.72. The van der Waals surface area contributed by atoms with Crippen molar-refractivity contribution in [1.29, 1.82) is 0 Å². The molecular formula is C20H17F3N2O5S. The molecule has 2 N–H and O–H groups in total. The van der Waals surface area contributed by atoms with E-state index in [1.807, 2.05) is 0 Å². The van der Waals surface area contributed by atoms with Crippen molar-refractivity contribution in [1.82, 2.24) is 4.72 Å². The Morgan fingerprint density at radius 1 is 1.13 bits per heavy atom. The fraction of sp³-hybridized carbons (Fsp3) is 0.200. The summed E-state index contributed by atoms with van der Waals surface area (Å²) in [4.78, 5) is 24.2. The molecule has 0 saturated heterocycles. The first-order valence-electron chi connectivity index (χ1n) is 8.67. The van der Waals surface area contributed by atoms with Gasteiger partial charge in [0.2, 0.25) is 10.0 Å². The average molecular weight is 454 g/mol. The third kappa shape index (κ3) is 6.31. The molecule has 31 heavy (non-hydrogen) atoms. The van der Waals surface area contributed by atoms with Crippen LogP contribution in [0.4, 0.5) is 18.9 Å². The fourth-order valence-corrected chi connectivity index (χ4v) is 3.28. The number of amides is 1. The Kier molecular flexibility index (Phi) is 7.43. The van der Waals surface area contributed by atoms with Gasteiger partial charge in [-0.15, -0.1) is 6.42 Å². The standard InChI is InChI=1S/C20H17F3N2O5S/c1-3-12-24-31(28,29)15-10-8-14(9-11-15)19(27)30-13(2)18(26)25-17-7-5-4-6-16(17)20(21,22)23/h1,4-11,13,24H,12H2,2H3,(H,25,26)/t13-/m0/s1. The molecule has 1 amide bonds. The second kappa shape index (κ2) is 9.63. The fourth-order valence-electron chi connectivity index (χ4n) is 2.35. The summed E-state index contributed by atoms with van der Waals surface area (Å²) in [7, 11) is -3.85. The molecule has 0 unspecified atom stereocenters. The molecule has 1 atom stereocenters. The Hall–Kier alpha value is -3.36. The molecule has 0 heterocycles. The quantitative estimate of drug-likeness (QED) is 0.495. The van der Waals surface area contributed by atoms with Crippen LogP contribution in [0.25, 0.3) is 0 Å². The predicted molar refractivity (Wildman–Crippen MR) is 105 cm³/mol. The Morgan fingerprint density at radius 2 is 1.74 bits per heavy atom. The molecule has 0 spiro atoms. The number of para-hydroxylation sites is 1. The number of carbonyl (C=O) groups is 2. The van der Waals surface area contributed by atoms with E-state index in [9.17, 15) is 31.2 Å². The molecule has 0 bridgehead atoms. The molecule has 11 heteroatoms. The minimum absolute atomic E-state index is 0.0637. The minimum Gasteiger partial charge on any atom is -0.449 e. The van der Waals surface area contributed by atoms with Crippen LogP contribution in [0.15, 0.2) is 53.4 Å². The minimum atomic E-state index is -4.68. The van der Waals surface area contributed by atoms with E-state index < -0.39 is 45.4 Å². The number of halogens is 3. The van der Waals surface area contributed by atoms with Gasteiger partial charge in [0.15, 0.2) is 6.10 Å². The van der Waals surface area contributed by atoms with Gasteiger partial charge in [-0.1, -0.05) is 18.1 Å². The van der Waals surface area contributed by atoms with Gasteiger partial charge in [0.25, 0.3) is 5.91 Å². The molecule has 0 aromatic heterocycles. The first-order valence-corrected chi connectivity index (χ1v) is 10.2. The van der Waals surface area contributed by atoms with Gasteiger partial charge in [-0.25, -0.2) is 13.2 Å². The number of alkyl halides is 3. The van der Waals surface area contributed by atoms with Crippen LogP contribution in [0.5, 0.6) is 0 Å². The van der Waals surface area contributed by atoms with Crippen molar-refractivity contribution in [2.75, 3.05) is 11.9 Å². The lowest BCUT2D eigenvalue weighted by Crippen LogP contribution is -2.30. The molecule has 0 fully saturated rings. The van der Waals surface area contributed by atoms with Crippen LogP contribution in [0, 0.1) is 12.3 Å². The molecule has 0 saturated carbocycles. The number of sulfonamides is 1. The number of anilines is 1. The summed E-state index contributed by atoms with van der Waals surface area (Å²) < 4.78 is 70.1. The maximum absolute atomic E-state index is 13.0. The van der Waals surface area contributed by atoms with Crippen LogP contribution in [-0.4, -0.2) is 32.9 Å². The topological polar surface area (TPSA) is 102 Å².